The molecule has 2 heterocycles. The highest BCUT2D eigenvalue weighted by molar-refractivity contribution is 8.00. The molecule has 0 aliphatic heterocycles. The quantitative estimate of drug-likeness (QED) is 0.592. The lowest BCUT2D eigenvalue weighted by Crippen LogP contribution is -2.18. The minimum atomic E-state index is -0.176. The monoisotopic (exact) mass is 399 g/mol. The second-order valence-electron chi connectivity index (χ2n) is 6.00. The molecule has 5 nitrogen and oxygen atoms in total. The van der Waals surface area contributed by atoms with Crippen molar-refractivity contribution in [2.75, 3.05) is 11.1 Å². The zero-order valence-electron chi connectivity index (χ0n) is 15.0. The molecule has 0 unspecified atom stereocenters. The Hall–Kier alpha value is -2.62. The molecule has 2 aromatic heterocycles. The van der Waals surface area contributed by atoms with Crippen molar-refractivity contribution < 1.29 is 9.21 Å². The van der Waals surface area contributed by atoms with Crippen molar-refractivity contribution in [3.8, 4) is 6.07 Å². The van der Waals surface area contributed by atoms with Crippen molar-refractivity contribution >= 4 is 35.1 Å². The number of halogens is 1. The molecule has 7 heteroatoms. The van der Waals surface area contributed by atoms with Crippen molar-refractivity contribution in [1.29, 1.82) is 5.26 Å². The molecule has 3 rings (SSSR count). The van der Waals surface area contributed by atoms with Crippen LogP contribution in [0.3, 0.4) is 0 Å². The second kappa shape index (κ2) is 8.38. The third-order valence-corrected chi connectivity index (χ3v) is 5.54. The Kier molecular flexibility index (Phi) is 5.94. The van der Waals surface area contributed by atoms with Crippen LogP contribution in [-0.2, 0) is 11.3 Å². The van der Waals surface area contributed by atoms with E-state index in [1.54, 1.807) is 18.4 Å². The summed E-state index contributed by atoms with van der Waals surface area (Å²) in [6.45, 7) is 4.25. The number of carbonyl (C=O) groups excluding carboxylic acids is 1. The first-order valence-corrected chi connectivity index (χ1v) is 9.66. The first kappa shape index (κ1) is 19.2. The number of hydrogen-bond acceptors (Lipinski definition) is 4. The van der Waals surface area contributed by atoms with E-state index in [4.69, 9.17) is 16.0 Å². The summed E-state index contributed by atoms with van der Waals surface area (Å²) in [5, 5.41) is 13.1. The van der Waals surface area contributed by atoms with Gasteiger partial charge in [0.2, 0.25) is 5.91 Å². The smallest absolute Gasteiger partial charge is 0.235 e. The topological polar surface area (TPSA) is 71.0 Å². The third kappa shape index (κ3) is 4.38. The Morgan fingerprint density at radius 3 is 2.67 bits per heavy atom. The van der Waals surface area contributed by atoms with E-state index < -0.39 is 0 Å². The molecule has 0 radical (unpaired) electrons. The van der Waals surface area contributed by atoms with Gasteiger partial charge in [-0.1, -0.05) is 11.6 Å². The van der Waals surface area contributed by atoms with E-state index in [-0.39, 0.29) is 11.7 Å². The van der Waals surface area contributed by atoms with Crippen LogP contribution in [0.25, 0.3) is 0 Å². The second-order valence-corrected chi connectivity index (χ2v) is 7.49. The highest BCUT2D eigenvalue weighted by atomic mass is 35.5. The average molecular weight is 400 g/mol. The van der Waals surface area contributed by atoms with E-state index >= 15 is 0 Å². The summed E-state index contributed by atoms with van der Waals surface area (Å²) in [5.74, 6) is 1.31. The predicted molar refractivity (Wildman–Crippen MR) is 107 cm³/mol. The van der Waals surface area contributed by atoms with Crippen molar-refractivity contribution in [3.05, 3.63) is 70.3 Å². The highest BCUT2D eigenvalue weighted by Crippen LogP contribution is 2.28. The van der Waals surface area contributed by atoms with Gasteiger partial charge < -0.3 is 14.3 Å². The molecule has 0 saturated carbocycles. The van der Waals surface area contributed by atoms with Gasteiger partial charge in [-0.25, -0.2) is 0 Å². The van der Waals surface area contributed by atoms with E-state index in [9.17, 15) is 10.1 Å². The van der Waals surface area contributed by atoms with E-state index in [2.05, 4.69) is 11.4 Å². The Morgan fingerprint density at radius 2 is 2.04 bits per heavy atom. The number of amides is 1. The molecule has 1 N–H and O–H groups in total. The fourth-order valence-electron chi connectivity index (χ4n) is 2.73. The lowest BCUT2D eigenvalue weighted by molar-refractivity contribution is -0.113. The molecule has 3 aromatic rings. The van der Waals surface area contributed by atoms with E-state index in [0.29, 0.717) is 22.9 Å². The summed E-state index contributed by atoms with van der Waals surface area (Å²) in [5.41, 5.74) is 2.25. The van der Waals surface area contributed by atoms with Gasteiger partial charge in [-0.15, -0.1) is 11.8 Å². The van der Waals surface area contributed by atoms with Gasteiger partial charge in [-0.05, 0) is 55.8 Å². The maximum Gasteiger partial charge on any atom is 0.235 e. The number of rotatable bonds is 6. The van der Waals surface area contributed by atoms with Gasteiger partial charge in [0.25, 0.3) is 0 Å². The highest BCUT2D eigenvalue weighted by Gasteiger charge is 2.20. The zero-order valence-corrected chi connectivity index (χ0v) is 16.5. The Labute approximate surface area is 166 Å². The van der Waals surface area contributed by atoms with E-state index in [0.717, 1.165) is 21.9 Å². The van der Waals surface area contributed by atoms with Gasteiger partial charge in [-0.3, -0.25) is 4.79 Å². The fraction of sp³-hybridized carbons (Fsp3) is 0.200. The SMILES string of the molecule is Cc1c(C#N)c(NC(=O)CSc2ccc(Cl)cc2)n(Cc2ccco2)c1C. The largest absolute Gasteiger partial charge is 0.467 e. The van der Waals surface area contributed by atoms with Crippen LogP contribution in [0.2, 0.25) is 5.02 Å². The molecular formula is C20H18ClN3O2S. The molecule has 0 aliphatic carbocycles. The van der Waals surface area contributed by atoms with E-state index in [1.165, 1.54) is 11.8 Å². The summed E-state index contributed by atoms with van der Waals surface area (Å²) in [7, 11) is 0. The van der Waals surface area contributed by atoms with Gasteiger partial charge in [0.05, 0.1) is 24.1 Å². The molecule has 138 valence electrons. The molecule has 0 aliphatic rings. The van der Waals surface area contributed by atoms with Gasteiger partial charge in [-0.2, -0.15) is 5.26 Å². The molecule has 1 amide bonds. The van der Waals surface area contributed by atoms with Gasteiger partial charge in [0.1, 0.15) is 17.6 Å². The number of anilines is 1. The lowest BCUT2D eigenvalue weighted by atomic mass is 10.2. The number of hydrogen-bond donors (Lipinski definition) is 1. The van der Waals surface area contributed by atoms with Crippen LogP contribution < -0.4 is 5.32 Å². The first-order chi connectivity index (χ1) is 13.0. The van der Waals surface area contributed by atoms with Crippen LogP contribution in [0, 0.1) is 25.2 Å². The Balaban J connectivity index is 1.78. The van der Waals surface area contributed by atoms with E-state index in [1.807, 2.05) is 42.7 Å². The van der Waals surface area contributed by atoms with Crippen molar-refractivity contribution in [2.45, 2.75) is 25.3 Å². The zero-order chi connectivity index (χ0) is 19.4. The third-order valence-electron chi connectivity index (χ3n) is 4.28. The van der Waals surface area contributed by atoms with Crippen LogP contribution >= 0.6 is 23.4 Å². The maximum absolute atomic E-state index is 12.5. The van der Waals surface area contributed by atoms with Crippen LogP contribution in [0.15, 0.2) is 52.0 Å². The summed E-state index contributed by atoms with van der Waals surface area (Å²) < 4.78 is 7.32. The fourth-order valence-corrected chi connectivity index (χ4v) is 3.56. The van der Waals surface area contributed by atoms with Crippen molar-refractivity contribution in [3.63, 3.8) is 0 Å². The molecule has 0 atom stereocenters. The molecule has 0 saturated heterocycles. The molecule has 0 spiro atoms. The van der Waals surface area contributed by atoms with Crippen LogP contribution in [0.1, 0.15) is 22.6 Å². The molecule has 0 fully saturated rings. The summed E-state index contributed by atoms with van der Waals surface area (Å²) >= 11 is 7.29. The normalized spacial score (nSPS) is 10.6. The van der Waals surface area contributed by atoms with Gasteiger partial charge in [0.15, 0.2) is 0 Å². The van der Waals surface area contributed by atoms with Crippen molar-refractivity contribution in [2.24, 2.45) is 0 Å². The number of furan rings is 1. The summed E-state index contributed by atoms with van der Waals surface area (Å²) in [6.07, 6.45) is 1.60. The van der Waals surface area contributed by atoms with Crippen LogP contribution in [0.5, 0.6) is 0 Å². The number of nitrogens with one attached hydrogen (secondary N) is 1. The summed E-state index contributed by atoms with van der Waals surface area (Å²) in [6, 6.07) is 13.2. The standard InChI is InChI=1S/C20H18ClN3O2S/c1-13-14(2)24(11-16-4-3-9-26-16)20(18(13)10-22)23-19(25)12-27-17-7-5-15(21)6-8-17/h3-9H,11-12H2,1-2H3,(H,23,25). The summed E-state index contributed by atoms with van der Waals surface area (Å²) in [4.78, 5) is 13.4. The van der Waals surface area contributed by atoms with Crippen LogP contribution in [-0.4, -0.2) is 16.2 Å². The number of aromatic nitrogens is 1. The number of thioether (sulfide) groups is 1. The van der Waals surface area contributed by atoms with Gasteiger partial charge >= 0.3 is 0 Å². The Bertz CT molecular complexity index is 986. The minimum Gasteiger partial charge on any atom is -0.467 e. The lowest BCUT2D eigenvalue weighted by Gasteiger charge is -2.12. The Morgan fingerprint density at radius 1 is 1.30 bits per heavy atom. The number of nitriles is 1. The average Bonchev–Trinajstić information content (AvgIpc) is 3.24. The molecular weight excluding hydrogens is 382 g/mol. The number of carbonyl (C=O) groups is 1. The minimum absolute atomic E-state index is 0.176. The van der Waals surface area contributed by atoms with Crippen LogP contribution in [0.4, 0.5) is 5.82 Å². The molecule has 0 bridgehead atoms. The number of benzene rings is 1. The number of nitrogens with zero attached hydrogens (tertiary/aromatic N) is 2. The maximum atomic E-state index is 12.5. The molecule has 27 heavy (non-hydrogen) atoms. The predicted octanol–water partition coefficient (Wildman–Crippen LogP) is 5.00. The molecule has 1 aromatic carbocycles. The van der Waals surface area contributed by atoms with Gasteiger partial charge in [0, 0.05) is 15.6 Å². The van der Waals surface area contributed by atoms with Crippen molar-refractivity contribution in [1.82, 2.24) is 4.57 Å². The first-order valence-electron chi connectivity index (χ1n) is 8.30.